The highest BCUT2D eigenvalue weighted by molar-refractivity contribution is 5.74. The van der Waals surface area contributed by atoms with Gasteiger partial charge in [-0.2, -0.15) is 18.4 Å². The van der Waals surface area contributed by atoms with Gasteiger partial charge in [0.25, 0.3) is 0 Å². The molecule has 2 rings (SSSR count). The minimum Gasteiger partial charge on any atom is -0.192 e. The highest BCUT2D eigenvalue weighted by Crippen LogP contribution is 2.35. The summed E-state index contributed by atoms with van der Waals surface area (Å²) in [4.78, 5) is 0. The Balaban J connectivity index is 2.72. The predicted molar refractivity (Wildman–Crippen MR) is 71.1 cm³/mol. The Morgan fingerprint density at radius 2 is 1.65 bits per heavy atom. The molecule has 0 aromatic heterocycles. The molecule has 4 heteroatoms. The van der Waals surface area contributed by atoms with Gasteiger partial charge in [0, 0.05) is 5.56 Å². The Morgan fingerprint density at radius 1 is 0.950 bits per heavy atom. The lowest BCUT2D eigenvalue weighted by Gasteiger charge is -2.13. The Bertz CT molecular complexity index is 694. The zero-order valence-corrected chi connectivity index (χ0v) is 11.0. The highest BCUT2D eigenvalue weighted by Gasteiger charge is 2.31. The largest absolute Gasteiger partial charge is 0.416 e. The smallest absolute Gasteiger partial charge is 0.192 e. The molecule has 0 saturated heterocycles. The molecule has 0 fully saturated rings. The maximum atomic E-state index is 12.8. The summed E-state index contributed by atoms with van der Waals surface area (Å²) in [6, 6.07) is 10.7. The Morgan fingerprint density at radius 3 is 2.25 bits per heavy atom. The molecule has 1 nitrogen and oxygen atoms in total. The molecule has 0 atom stereocenters. The van der Waals surface area contributed by atoms with Crippen molar-refractivity contribution in [1.82, 2.24) is 0 Å². The van der Waals surface area contributed by atoms with Crippen LogP contribution in [0.3, 0.4) is 0 Å². The zero-order valence-electron chi connectivity index (χ0n) is 11.0. The monoisotopic (exact) mass is 275 g/mol. The van der Waals surface area contributed by atoms with Gasteiger partial charge in [0.1, 0.15) is 0 Å². The van der Waals surface area contributed by atoms with Gasteiger partial charge in [-0.15, -0.1) is 0 Å². The van der Waals surface area contributed by atoms with E-state index in [1.54, 1.807) is 6.07 Å². The molecular formula is C16H12F3N. The average Bonchev–Trinajstić information content (AvgIpc) is 2.40. The van der Waals surface area contributed by atoms with Crippen LogP contribution < -0.4 is 0 Å². The standard InChI is InChI=1S/C16H12F3N/c1-10-3-4-11(2)14(7-10)15-8-13(16(17,18)19)6-5-12(15)9-20/h3-8H,1-2H3. The number of benzene rings is 2. The lowest BCUT2D eigenvalue weighted by molar-refractivity contribution is -0.137. The van der Waals surface area contributed by atoms with E-state index in [-0.39, 0.29) is 5.56 Å². The van der Waals surface area contributed by atoms with Crippen LogP contribution in [0.1, 0.15) is 22.3 Å². The fourth-order valence-electron chi connectivity index (χ4n) is 2.07. The van der Waals surface area contributed by atoms with Crippen molar-refractivity contribution >= 4 is 0 Å². The third kappa shape index (κ3) is 2.67. The number of rotatable bonds is 1. The molecule has 0 aliphatic carbocycles. The van der Waals surface area contributed by atoms with Gasteiger partial charge in [0.2, 0.25) is 0 Å². The predicted octanol–water partition coefficient (Wildman–Crippen LogP) is 4.86. The van der Waals surface area contributed by atoms with Crippen molar-refractivity contribution in [2.45, 2.75) is 20.0 Å². The number of aryl methyl sites for hydroxylation is 2. The third-order valence-corrected chi connectivity index (χ3v) is 3.15. The molecule has 0 aliphatic rings. The number of halogens is 3. The van der Waals surface area contributed by atoms with Crippen LogP contribution in [-0.2, 0) is 6.18 Å². The van der Waals surface area contributed by atoms with Gasteiger partial charge in [-0.1, -0.05) is 23.8 Å². The molecule has 0 saturated carbocycles. The molecule has 0 unspecified atom stereocenters. The second-order valence-electron chi connectivity index (χ2n) is 4.69. The van der Waals surface area contributed by atoms with Crippen LogP contribution in [0.15, 0.2) is 36.4 Å². The summed E-state index contributed by atoms with van der Waals surface area (Å²) in [7, 11) is 0. The van der Waals surface area contributed by atoms with E-state index < -0.39 is 11.7 Å². The summed E-state index contributed by atoms with van der Waals surface area (Å²) in [5.41, 5.74) is 2.26. The summed E-state index contributed by atoms with van der Waals surface area (Å²) in [5, 5.41) is 9.10. The highest BCUT2D eigenvalue weighted by atomic mass is 19.4. The first-order valence-electron chi connectivity index (χ1n) is 6.02. The minimum absolute atomic E-state index is 0.242. The Labute approximate surface area is 115 Å². The van der Waals surface area contributed by atoms with E-state index in [1.165, 1.54) is 6.07 Å². The summed E-state index contributed by atoms with van der Waals surface area (Å²) in [5.74, 6) is 0. The van der Waals surface area contributed by atoms with E-state index in [2.05, 4.69) is 0 Å². The molecule has 2 aromatic carbocycles. The fraction of sp³-hybridized carbons (Fsp3) is 0.188. The van der Waals surface area contributed by atoms with E-state index >= 15 is 0 Å². The van der Waals surface area contributed by atoms with Crippen LogP contribution >= 0.6 is 0 Å². The van der Waals surface area contributed by atoms with Crippen molar-refractivity contribution in [3.05, 3.63) is 58.7 Å². The van der Waals surface area contributed by atoms with Crippen LogP contribution in [0.2, 0.25) is 0 Å². The fourth-order valence-corrected chi connectivity index (χ4v) is 2.07. The van der Waals surface area contributed by atoms with Crippen LogP contribution in [0.25, 0.3) is 11.1 Å². The maximum absolute atomic E-state index is 12.8. The summed E-state index contributed by atoms with van der Waals surface area (Å²) >= 11 is 0. The van der Waals surface area contributed by atoms with Crippen molar-refractivity contribution in [3.63, 3.8) is 0 Å². The van der Waals surface area contributed by atoms with Crippen LogP contribution in [0, 0.1) is 25.2 Å². The van der Waals surface area contributed by atoms with Crippen LogP contribution in [0.5, 0.6) is 0 Å². The van der Waals surface area contributed by atoms with Crippen molar-refractivity contribution < 1.29 is 13.2 Å². The summed E-state index contributed by atoms with van der Waals surface area (Å²) in [6.45, 7) is 3.68. The second-order valence-corrected chi connectivity index (χ2v) is 4.69. The number of nitrogens with zero attached hydrogens (tertiary/aromatic N) is 1. The molecule has 102 valence electrons. The first-order valence-corrected chi connectivity index (χ1v) is 6.02. The van der Waals surface area contributed by atoms with Crippen molar-refractivity contribution in [2.24, 2.45) is 0 Å². The SMILES string of the molecule is Cc1ccc(C)c(-c2cc(C(F)(F)F)ccc2C#N)c1. The van der Waals surface area contributed by atoms with Gasteiger partial charge in [-0.25, -0.2) is 0 Å². The van der Waals surface area contributed by atoms with E-state index in [0.717, 1.165) is 23.3 Å². The van der Waals surface area contributed by atoms with Crippen molar-refractivity contribution in [3.8, 4) is 17.2 Å². The molecular weight excluding hydrogens is 263 g/mol. The zero-order chi connectivity index (χ0) is 14.9. The van der Waals surface area contributed by atoms with E-state index in [9.17, 15) is 13.2 Å². The first-order chi connectivity index (χ1) is 9.32. The number of alkyl halides is 3. The van der Waals surface area contributed by atoms with Crippen LogP contribution in [0.4, 0.5) is 13.2 Å². The molecule has 2 aromatic rings. The summed E-state index contributed by atoms with van der Waals surface area (Å²) < 4.78 is 38.4. The lowest BCUT2D eigenvalue weighted by Crippen LogP contribution is -2.05. The van der Waals surface area contributed by atoms with Gasteiger partial charge in [0.15, 0.2) is 0 Å². The van der Waals surface area contributed by atoms with Gasteiger partial charge < -0.3 is 0 Å². The summed E-state index contributed by atoms with van der Waals surface area (Å²) in [6.07, 6.45) is -4.42. The van der Waals surface area contributed by atoms with Gasteiger partial charge in [-0.3, -0.25) is 0 Å². The Hall–Kier alpha value is -2.28. The van der Waals surface area contributed by atoms with Crippen molar-refractivity contribution in [2.75, 3.05) is 0 Å². The quantitative estimate of drug-likeness (QED) is 0.729. The van der Waals surface area contributed by atoms with Crippen molar-refractivity contribution in [1.29, 1.82) is 5.26 Å². The van der Waals surface area contributed by atoms with Gasteiger partial charge in [-0.05, 0) is 43.2 Å². The first kappa shape index (κ1) is 14.1. The third-order valence-electron chi connectivity index (χ3n) is 3.15. The second kappa shape index (κ2) is 5.01. The normalized spacial score (nSPS) is 11.2. The maximum Gasteiger partial charge on any atom is 0.416 e. The lowest BCUT2D eigenvalue weighted by atomic mass is 9.93. The molecule has 0 heterocycles. The number of hydrogen-bond donors (Lipinski definition) is 0. The molecule has 0 N–H and O–H groups in total. The van der Waals surface area contributed by atoms with Gasteiger partial charge in [0.05, 0.1) is 17.2 Å². The van der Waals surface area contributed by atoms with Gasteiger partial charge >= 0.3 is 6.18 Å². The van der Waals surface area contributed by atoms with Crippen LogP contribution in [-0.4, -0.2) is 0 Å². The van der Waals surface area contributed by atoms with E-state index in [0.29, 0.717) is 11.1 Å². The molecule has 20 heavy (non-hydrogen) atoms. The molecule has 0 bridgehead atoms. The topological polar surface area (TPSA) is 23.8 Å². The molecule has 0 amide bonds. The van der Waals surface area contributed by atoms with E-state index in [1.807, 2.05) is 32.0 Å². The minimum atomic E-state index is -4.42. The molecule has 0 spiro atoms. The van der Waals surface area contributed by atoms with E-state index in [4.69, 9.17) is 5.26 Å². The number of hydrogen-bond acceptors (Lipinski definition) is 1. The Kier molecular flexibility index (Phi) is 3.54. The molecule has 0 radical (unpaired) electrons. The average molecular weight is 275 g/mol. The molecule has 0 aliphatic heterocycles. The number of nitriles is 1.